The third-order valence-corrected chi connectivity index (χ3v) is 4.63. The van der Waals surface area contributed by atoms with Gasteiger partial charge in [-0.1, -0.05) is 6.42 Å². The van der Waals surface area contributed by atoms with Gasteiger partial charge in [0, 0.05) is 12.6 Å². The maximum absolute atomic E-state index is 5.77. The summed E-state index contributed by atoms with van der Waals surface area (Å²) in [7, 11) is 2.28. The van der Waals surface area contributed by atoms with Crippen molar-refractivity contribution in [2.75, 3.05) is 20.1 Å². The molecule has 4 unspecified atom stereocenters. The molecule has 2 saturated carbocycles. The minimum absolute atomic E-state index is 0.371. The SMILES string of the molecule is CC(N)CCCN(C)CC1CC2CCC1C2. The monoisotopic (exact) mass is 224 g/mol. The van der Waals surface area contributed by atoms with E-state index >= 15 is 0 Å². The predicted molar refractivity (Wildman–Crippen MR) is 69.3 cm³/mol. The lowest BCUT2D eigenvalue weighted by Gasteiger charge is -2.27. The highest BCUT2D eigenvalue weighted by atomic mass is 15.1. The average molecular weight is 224 g/mol. The summed E-state index contributed by atoms with van der Waals surface area (Å²) in [5, 5.41) is 0. The molecule has 0 spiro atoms. The van der Waals surface area contributed by atoms with Gasteiger partial charge < -0.3 is 10.6 Å². The van der Waals surface area contributed by atoms with Crippen molar-refractivity contribution in [2.24, 2.45) is 23.5 Å². The van der Waals surface area contributed by atoms with Crippen LogP contribution in [0.25, 0.3) is 0 Å². The van der Waals surface area contributed by atoms with Gasteiger partial charge in [0.05, 0.1) is 0 Å². The molecule has 2 nitrogen and oxygen atoms in total. The Morgan fingerprint density at radius 3 is 2.69 bits per heavy atom. The molecule has 2 rings (SSSR count). The van der Waals surface area contributed by atoms with Gasteiger partial charge in [-0.25, -0.2) is 0 Å². The Hall–Kier alpha value is -0.0800. The molecule has 0 saturated heterocycles. The third-order valence-electron chi connectivity index (χ3n) is 4.63. The Morgan fingerprint density at radius 2 is 2.12 bits per heavy atom. The van der Waals surface area contributed by atoms with Gasteiger partial charge >= 0.3 is 0 Å². The van der Waals surface area contributed by atoms with E-state index in [1.54, 1.807) is 6.42 Å². The molecule has 0 amide bonds. The summed E-state index contributed by atoms with van der Waals surface area (Å²) in [6.45, 7) is 4.67. The van der Waals surface area contributed by atoms with E-state index in [0.717, 1.165) is 17.8 Å². The number of hydrogen-bond donors (Lipinski definition) is 1. The Bertz CT molecular complexity index is 215. The lowest BCUT2D eigenvalue weighted by Crippen LogP contribution is -2.30. The first-order chi connectivity index (χ1) is 7.65. The fourth-order valence-electron chi connectivity index (χ4n) is 3.77. The molecule has 2 fully saturated rings. The molecular formula is C14H28N2. The molecule has 0 aromatic heterocycles. The summed E-state index contributed by atoms with van der Waals surface area (Å²) in [6.07, 6.45) is 8.52. The van der Waals surface area contributed by atoms with E-state index < -0.39 is 0 Å². The van der Waals surface area contributed by atoms with Crippen LogP contribution in [-0.2, 0) is 0 Å². The highest BCUT2D eigenvalue weighted by Gasteiger charge is 2.39. The van der Waals surface area contributed by atoms with E-state index in [0.29, 0.717) is 6.04 Å². The van der Waals surface area contributed by atoms with Crippen LogP contribution < -0.4 is 5.73 Å². The molecule has 2 heteroatoms. The van der Waals surface area contributed by atoms with Gasteiger partial charge in [-0.2, -0.15) is 0 Å². The van der Waals surface area contributed by atoms with E-state index in [-0.39, 0.29) is 0 Å². The van der Waals surface area contributed by atoms with Gasteiger partial charge in [0.25, 0.3) is 0 Å². The minimum Gasteiger partial charge on any atom is -0.328 e. The average Bonchev–Trinajstić information content (AvgIpc) is 2.78. The Labute approximate surface area is 101 Å². The van der Waals surface area contributed by atoms with Crippen molar-refractivity contribution in [3.8, 4) is 0 Å². The first-order valence-electron chi connectivity index (χ1n) is 7.09. The summed E-state index contributed by atoms with van der Waals surface area (Å²) in [6, 6.07) is 0.371. The Morgan fingerprint density at radius 1 is 1.31 bits per heavy atom. The molecule has 2 bridgehead atoms. The van der Waals surface area contributed by atoms with Gasteiger partial charge in [-0.15, -0.1) is 0 Å². The number of fused-ring (bicyclic) bond motifs is 2. The van der Waals surface area contributed by atoms with Crippen molar-refractivity contribution < 1.29 is 0 Å². The molecule has 0 heterocycles. The third kappa shape index (κ3) is 3.21. The Balaban J connectivity index is 1.62. The van der Waals surface area contributed by atoms with Crippen LogP contribution in [0.5, 0.6) is 0 Å². The fourth-order valence-corrected chi connectivity index (χ4v) is 3.77. The summed E-state index contributed by atoms with van der Waals surface area (Å²) < 4.78 is 0. The zero-order valence-corrected chi connectivity index (χ0v) is 11.0. The summed E-state index contributed by atoms with van der Waals surface area (Å²) in [5.41, 5.74) is 5.77. The normalized spacial score (nSPS) is 34.9. The number of hydrogen-bond acceptors (Lipinski definition) is 2. The number of nitrogens with two attached hydrogens (primary N) is 1. The highest BCUT2D eigenvalue weighted by molar-refractivity contribution is 4.90. The van der Waals surface area contributed by atoms with Gasteiger partial charge in [0.1, 0.15) is 0 Å². The van der Waals surface area contributed by atoms with Crippen LogP contribution in [0, 0.1) is 17.8 Å². The molecule has 94 valence electrons. The molecular weight excluding hydrogens is 196 g/mol. The standard InChI is InChI=1S/C14H28N2/c1-11(15)4-3-7-16(2)10-14-9-12-5-6-13(14)8-12/h11-14H,3-10,15H2,1-2H3. The van der Waals surface area contributed by atoms with E-state index in [1.807, 2.05) is 0 Å². The molecule has 0 aromatic rings. The van der Waals surface area contributed by atoms with Gasteiger partial charge in [-0.3, -0.25) is 0 Å². The van der Waals surface area contributed by atoms with Crippen LogP contribution in [0.3, 0.4) is 0 Å². The lowest BCUT2D eigenvalue weighted by atomic mass is 9.88. The van der Waals surface area contributed by atoms with E-state index in [1.165, 1.54) is 45.2 Å². The second-order valence-corrected chi connectivity index (χ2v) is 6.32. The number of rotatable bonds is 6. The second kappa shape index (κ2) is 5.50. The molecule has 0 radical (unpaired) electrons. The molecule has 0 aromatic carbocycles. The zero-order chi connectivity index (χ0) is 11.5. The van der Waals surface area contributed by atoms with Crippen LogP contribution in [-0.4, -0.2) is 31.1 Å². The van der Waals surface area contributed by atoms with E-state index in [2.05, 4.69) is 18.9 Å². The fraction of sp³-hybridized carbons (Fsp3) is 1.00. The van der Waals surface area contributed by atoms with Crippen LogP contribution >= 0.6 is 0 Å². The molecule has 2 aliphatic carbocycles. The second-order valence-electron chi connectivity index (χ2n) is 6.32. The quantitative estimate of drug-likeness (QED) is 0.751. The van der Waals surface area contributed by atoms with E-state index in [9.17, 15) is 0 Å². The number of nitrogens with zero attached hydrogens (tertiary/aromatic N) is 1. The van der Waals surface area contributed by atoms with Gasteiger partial charge in [-0.05, 0) is 70.4 Å². The van der Waals surface area contributed by atoms with Gasteiger partial charge in [0.2, 0.25) is 0 Å². The first kappa shape index (κ1) is 12.4. The molecule has 4 atom stereocenters. The largest absolute Gasteiger partial charge is 0.328 e. The molecule has 0 aliphatic heterocycles. The summed E-state index contributed by atoms with van der Waals surface area (Å²) in [5.74, 6) is 3.17. The molecule has 2 aliphatic rings. The maximum atomic E-state index is 5.77. The smallest absolute Gasteiger partial charge is 0.00109 e. The zero-order valence-electron chi connectivity index (χ0n) is 11.0. The van der Waals surface area contributed by atoms with Crippen molar-refractivity contribution in [1.29, 1.82) is 0 Å². The molecule has 16 heavy (non-hydrogen) atoms. The molecule has 2 N–H and O–H groups in total. The van der Waals surface area contributed by atoms with Crippen molar-refractivity contribution in [3.05, 3.63) is 0 Å². The maximum Gasteiger partial charge on any atom is 0.00109 e. The van der Waals surface area contributed by atoms with E-state index in [4.69, 9.17) is 5.73 Å². The van der Waals surface area contributed by atoms with Crippen molar-refractivity contribution >= 4 is 0 Å². The van der Waals surface area contributed by atoms with Crippen LogP contribution in [0.1, 0.15) is 45.4 Å². The minimum atomic E-state index is 0.371. The summed E-state index contributed by atoms with van der Waals surface area (Å²) in [4.78, 5) is 2.54. The van der Waals surface area contributed by atoms with Crippen molar-refractivity contribution in [3.63, 3.8) is 0 Å². The predicted octanol–water partition coefficient (Wildman–Crippen LogP) is 2.48. The van der Waals surface area contributed by atoms with Crippen LogP contribution in [0.2, 0.25) is 0 Å². The summed E-state index contributed by atoms with van der Waals surface area (Å²) >= 11 is 0. The van der Waals surface area contributed by atoms with Crippen LogP contribution in [0.15, 0.2) is 0 Å². The first-order valence-corrected chi connectivity index (χ1v) is 7.09. The van der Waals surface area contributed by atoms with Crippen molar-refractivity contribution in [2.45, 2.75) is 51.5 Å². The van der Waals surface area contributed by atoms with Crippen LogP contribution in [0.4, 0.5) is 0 Å². The topological polar surface area (TPSA) is 29.3 Å². The van der Waals surface area contributed by atoms with Crippen molar-refractivity contribution in [1.82, 2.24) is 4.90 Å². The van der Waals surface area contributed by atoms with Gasteiger partial charge in [0.15, 0.2) is 0 Å². The Kier molecular flexibility index (Phi) is 4.26. The lowest BCUT2D eigenvalue weighted by molar-refractivity contribution is 0.216. The highest BCUT2D eigenvalue weighted by Crippen LogP contribution is 2.48.